The zero-order valence-corrected chi connectivity index (χ0v) is 28.1. The fourth-order valence-corrected chi connectivity index (χ4v) is 8.23. The molecule has 14 heteroatoms. The minimum atomic E-state index is -3.75. The maximum atomic E-state index is 14.0. The normalized spacial score (nSPS) is 18.0. The molecule has 0 unspecified atom stereocenters. The summed E-state index contributed by atoms with van der Waals surface area (Å²) in [7, 11) is -2.14. The zero-order chi connectivity index (χ0) is 33.7. The molecule has 1 saturated carbocycles. The molecule has 3 amide bonds. The van der Waals surface area contributed by atoms with E-state index in [9.17, 15) is 22.8 Å². The predicted octanol–water partition coefficient (Wildman–Crippen LogP) is 2.58. The molecular formula is C32H42N6O7S. The topological polar surface area (TPSA) is 164 Å². The SMILES string of the molecule is Cn1nc(C(=O)NCc2ccc(C#N)cc2)c2c1C(=O)N(CC1(S(=O)(=O)C(C)(C)COC3CN(C(=O)OC(C)(C)C)C3)CC1)CC2. The van der Waals surface area contributed by atoms with Crippen LogP contribution in [0.2, 0.25) is 0 Å². The van der Waals surface area contributed by atoms with Crippen LogP contribution in [0.15, 0.2) is 24.3 Å². The summed E-state index contributed by atoms with van der Waals surface area (Å²) in [5.74, 6) is -0.763. The van der Waals surface area contributed by atoms with Crippen LogP contribution in [0.1, 0.15) is 85.1 Å². The maximum Gasteiger partial charge on any atom is 0.410 e. The monoisotopic (exact) mass is 654 g/mol. The van der Waals surface area contributed by atoms with Crippen LogP contribution in [0, 0.1) is 11.3 Å². The van der Waals surface area contributed by atoms with E-state index >= 15 is 0 Å². The molecule has 1 aromatic carbocycles. The van der Waals surface area contributed by atoms with Crippen LogP contribution in [0.3, 0.4) is 0 Å². The third-order valence-corrected chi connectivity index (χ3v) is 12.0. The van der Waals surface area contributed by atoms with Gasteiger partial charge in [-0.1, -0.05) is 12.1 Å². The van der Waals surface area contributed by atoms with Gasteiger partial charge in [0.15, 0.2) is 15.5 Å². The Morgan fingerprint density at radius 3 is 2.37 bits per heavy atom. The molecule has 2 aliphatic heterocycles. The number of carbonyl (C=O) groups is 3. The average molecular weight is 655 g/mol. The number of nitrogens with one attached hydrogen (secondary N) is 1. The minimum Gasteiger partial charge on any atom is -0.444 e. The van der Waals surface area contributed by atoms with Crippen molar-refractivity contribution < 1.29 is 32.3 Å². The highest BCUT2D eigenvalue weighted by Gasteiger charge is 2.61. The number of fused-ring (bicyclic) bond motifs is 1. The van der Waals surface area contributed by atoms with E-state index < -0.39 is 36.9 Å². The van der Waals surface area contributed by atoms with Gasteiger partial charge in [0.25, 0.3) is 11.8 Å². The first-order chi connectivity index (χ1) is 21.5. The number of nitriles is 1. The smallest absolute Gasteiger partial charge is 0.410 e. The lowest BCUT2D eigenvalue weighted by Gasteiger charge is -2.41. The molecule has 13 nitrogen and oxygen atoms in total. The van der Waals surface area contributed by atoms with Crippen molar-refractivity contribution in [2.45, 2.75) is 81.6 Å². The summed E-state index contributed by atoms with van der Waals surface area (Å²) in [4.78, 5) is 42.0. The number of ether oxygens (including phenoxy) is 2. The molecule has 3 aliphatic rings. The number of nitrogens with zero attached hydrogens (tertiary/aromatic N) is 5. The summed E-state index contributed by atoms with van der Waals surface area (Å²) >= 11 is 0. The first kappa shape index (κ1) is 33.4. The van der Waals surface area contributed by atoms with Crippen LogP contribution < -0.4 is 5.32 Å². The third-order valence-electron chi connectivity index (χ3n) is 8.77. The number of sulfone groups is 1. The van der Waals surface area contributed by atoms with Gasteiger partial charge in [-0.25, -0.2) is 13.2 Å². The number of aryl methyl sites for hydroxylation is 1. The second-order valence-corrected chi connectivity index (χ2v) is 17.0. The number of rotatable bonds is 10. The molecule has 46 heavy (non-hydrogen) atoms. The van der Waals surface area contributed by atoms with Crippen molar-refractivity contribution in [3.05, 3.63) is 52.3 Å². The van der Waals surface area contributed by atoms with Crippen LogP contribution in [0.25, 0.3) is 0 Å². The molecule has 2 fully saturated rings. The lowest BCUT2D eigenvalue weighted by Crippen LogP contribution is -2.57. The Balaban J connectivity index is 1.19. The molecule has 2 aromatic rings. The van der Waals surface area contributed by atoms with Crippen LogP contribution in [-0.2, 0) is 39.3 Å². The standard InChI is InChI=1S/C32H42N6O7S/c1-30(2,3)45-29(41)38-17-23(18-38)44-20-31(4,5)46(42,43)32(12-13-32)19-37-14-11-24-25(35-36(6)26(24)28(37)40)27(39)34-16-22-9-7-21(15-33)8-10-22/h7-10,23H,11-14,16-20H2,1-6H3,(H,34,39). The van der Waals surface area contributed by atoms with E-state index in [1.165, 1.54) is 9.58 Å². The quantitative estimate of drug-likeness (QED) is 0.406. The molecule has 1 saturated heterocycles. The molecule has 0 bridgehead atoms. The van der Waals surface area contributed by atoms with Crippen LogP contribution >= 0.6 is 0 Å². The van der Waals surface area contributed by atoms with Gasteiger partial charge in [0.05, 0.1) is 46.9 Å². The number of hydrogen-bond donors (Lipinski definition) is 1. The summed E-state index contributed by atoms with van der Waals surface area (Å²) in [6.45, 7) is 9.87. The molecular weight excluding hydrogens is 612 g/mol. The van der Waals surface area contributed by atoms with Crippen LogP contribution in [0.4, 0.5) is 4.79 Å². The van der Waals surface area contributed by atoms with Crippen molar-refractivity contribution in [3.8, 4) is 6.07 Å². The molecule has 1 N–H and O–H groups in total. The van der Waals surface area contributed by atoms with Gasteiger partial charge < -0.3 is 24.6 Å². The van der Waals surface area contributed by atoms with Gasteiger partial charge in [-0.15, -0.1) is 0 Å². The summed E-state index contributed by atoms with van der Waals surface area (Å²) in [6.07, 6.45) is 0.557. The Kier molecular flexibility index (Phi) is 8.72. The molecule has 3 heterocycles. The van der Waals surface area contributed by atoms with E-state index in [0.29, 0.717) is 43.5 Å². The van der Waals surface area contributed by atoms with Crippen molar-refractivity contribution >= 4 is 27.7 Å². The highest BCUT2D eigenvalue weighted by Crippen LogP contribution is 2.49. The first-order valence-electron chi connectivity index (χ1n) is 15.4. The zero-order valence-electron chi connectivity index (χ0n) is 27.3. The van der Waals surface area contributed by atoms with E-state index in [0.717, 1.165) is 5.56 Å². The Morgan fingerprint density at radius 1 is 1.13 bits per heavy atom. The van der Waals surface area contributed by atoms with E-state index in [1.54, 1.807) is 70.8 Å². The number of likely N-dealkylation sites (tertiary alicyclic amines) is 1. The van der Waals surface area contributed by atoms with Gasteiger partial charge in [0.1, 0.15) is 11.3 Å². The maximum absolute atomic E-state index is 14.0. The lowest BCUT2D eigenvalue weighted by molar-refractivity contribution is -0.0669. The fraction of sp³-hybridized carbons (Fsp3) is 0.594. The molecule has 1 aliphatic carbocycles. The summed E-state index contributed by atoms with van der Waals surface area (Å²) in [5.41, 5.74) is 1.74. The second kappa shape index (κ2) is 12.0. The number of amides is 3. The van der Waals surface area contributed by atoms with E-state index in [4.69, 9.17) is 14.7 Å². The number of carbonyl (C=O) groups excluding carboxylic acids is 3. The van der Waals surface area contributed by atoms with E-state index in [1.807, 2.05) is 0 Å². The molecule has 248 valence electrons. The van der Waals surface area contributed by atoms with Gasteiger partial charge in [0, 0.05) is 32.2 Å². The van der Waals surface area contributed by atoms with Gasteiger partial charge in [-0.05, 0) is 71.6 Å². The fourth-order valence-electron chi connectivity index (χ4n) is 5.87. The Labute approximate surface area is 269 Å². The summed E-state index contributed by atoms with van der Waals surface area (Å²) in [5, 5.41) is 16.2. The van der Waals surface area contributed by atoms with Gasteiger partial charge >= 0.3 is 6.09 Å². The van der Waals surface area contributed by atoms with Gasteiger partial charge in [0.2, 0.25) is 0 Å². The summed E-state index contributed by atoms with van der Waals surface area (Å²) < 4.78 is 38.4. The molecule has 5 rings (SSSR count). The number of hydrogen-bond acceptors (Lipinski definition) is 9. The van der Waals surface area contributed by atoms with Crippen molar-refractivity contribution in [1.29, 1.82) is 5.26 Å². The largest absolute Gasteiger partial charge is 0.444 e. The highest BCUT2D eigenvalue weighted by molar-refractivity contribution is 7.94. The highest BCUT2D eigenvalue weighted by atomic mass is 32.2. The van der Waals surface area contributed by atoms with Gasteiger partial charge in [-0.3, -0.25) is 14.3 Å². The van der Waals surface area contributed by atoms with Crippen LogP contribution in [-0.4, -0.2) is 99.9 Å². The van der Waals surface area contributed by atoms with Crippen molar-refractivity contribution in [1.82, 2.24) is 24.9 Å². The molecule has 1 aromatic heterocycles. The van der Waals surface area contributed by atoms with E-state index in [-0.39, 0.29) is 49.6 Å². The van der Waals surface area contributed by atoms with Crippen molar-refractivity contribution in [3.63, 3.8) is 0 Å². The van der Waals surface area contributed by atoms with Crippen molar-refractivity contribution in [2.24, 2.45) is 7.05 Å². The average Bonchev–Trinajstić information content (AvgIpc) is 3.67. The summed E-state index contributed by atoms with van der Waals surface area (Å²) in [6, 6.07) is 8.93. The lowest BCUT2D eigenvalue weighted by atomic mass is 10.0. The minimum absolute atomic E-state index is 0.0370. The predicted molar refractivity (Wildman–Crippen MR) is 168 cm³/mol. The Morgan fingerprint density at radius 2 is 1.78 bits per heavy atom. The third kappa shape index (κ3) is 6.48. The molecule has 0 spiro atoms. The number of benzene rings is 1. The van der Waals surface area contributed by atoms with Crippen LogP contribution in [0.5, 0.6) is 0 Å². The molecule has 0 radical (unpaired) electrons. The van der Waals surface area contributed by atoms with Gasteiger partial charge in [-0.2, -0.15) is 10.4 Å². The Hall–Kier alpha value is -3.96. The number of aromatic nitrogens is 2. The first-order valence-corrected chi connectivity index (χ1v) is 16.9. The van der Waals surface area contributed by atoms with Crippen molar-refractivity contribution in [2.75, 3.05) is 32.8 Å². The Bertz CT molecular complexity index is 1670. The van der Waals surface area contributed by atoms with E-state index in [2.05, 4.69) is 16.5 Å². The second-order valence-electron chi connectivity index (χ2n) is 14.0. The molecule has 0 atom stereocenters.